The third kappa shape index (κ3) is 3.53. The molecule has 1 heterocycles. The van der Waals surface area contributed by atoms with Crippen LogP contribution in [0.15, 0.2) is 28.3 Å². The van der Waals surface area contributed by atoms with Crippen LogP contribution in [0.25, 0.3) is 0 Å². The Bertz CT molecular complexity index is 583. The highest BCUT2D eigenvalue weighted by atomic mass is 35.5. The van der Waals surface area contributed by atoms with Crippen LogP contribution in [0.4, 0.5) is 0 Å². The minimum absolute atomic E-state index is 0.771. The van der Waals surface area contributed by atoms with E-state index in [1.54, 1.807) is 11.8 Å². The van der Waals surface area contributed by atoms with E-state index in [4.69, 9.17) is 11.6 Å². The van der Waals surface area contributed by atoms with E-state index in [0.29, 0.717) is 0 Å². The molecule has 6 heteroatoms. The molecule has 0 aliphatic carbocycles. The maximum Gasteiger partial charge on any atom is 0.195 e. The molecule has 0 amide bonds. The third-order valence-corrected chi connectivity index (χ3v) is 4.55. The molecule has 2 rings (SSSR count). The quantitative estimate of drug-likeness (QED) is 0.830. The Hall–Kier alpha value is -1.04. The second kappa shape index (κ2) is 7.11. The van der Waals surface area contributed by atoms with Gasteiger partial charge in [0.2, 0.25) is 0 Å². The van der Waals surface area contributed by atoms with Crippen molar-refractivity contribution in [1.29, 1.82) is 0 Å². The van der Waals surface area contributed by atoms with E-state index in [1.165, 1.54) is 0 Å². The van der Waals surface area contributed by atoms with Crippen LogP contribution in [-0.2, 0) is 13.6 Å². The van der Waals surface area contributed by atoms with Crippen LogP contribution >= 0.6 is 23.4 Å². The lowest BCUT2D eigenvalue weighted by atomic mass is 10.2. The first-order chi connectivity index (χ1) is 9.63. The Balaban J connectivity index is 2.22. The summed E-state index contributed by atoms with van der Waals surface area (Å²) in [7, 11) is 1.97. The molecule has 1 N–H and O–H groups in total. The second-order valence-electron chi connectivity index (χ2n) is 4.58. The van der Waals surface area contributed by atoms with Gasteiger partial charge in [0.05, 0.1) is 0 Å². The number of hydrogen-bond donors (Lipinski definition) is 1. The Kier molecular flexibility index (Phi) is 5.46. The highest BCUT2D eigenvalue weighted by Crippen LogP contribution is 2.32. The predicted molar refractivity (Wildman–Crippen MR) is 83.3 cm³/mol. The standard InChI is InChI=1S/C14H19ClN4S/c1-4-8-16-9-11-12(15)6-5-7-13(11)20-14-18-17-10(2)19(14)3/h5-7,16H,4,8-9H2,1-3H3. The number of halogens is 1. The van der Waals surface area contributed by atoms with E-state index in [9.17, 15) is 0 Å². The smallest absolute Gasteiger partial charge is 0.195 e. The Morgan fingerprint density at radius 1 is 1.35 bits per heavy atom. The highest BCUT2D eigenvalue weighted by molar-refractivity contribution is 7.99. The normalized spacial score (nSPS) is 11.0. The summed E-state index contributed by atoms with van der Waals surface area (Å²) in [4.78, 5) is 1.12. The Morgan fingerprint density at radius 2 is 2.15 bits per heavy atom. The monoisotopic (exact) mass is 310 g/mol. The maximum absolute atomic E-state index is 6.32. The van der Waals surface area contributed by atoms with Gasteiger partial charge in [0, 0.05) is 23.5 Å². The van der Waals surface area contributed by atoms with Crippen LogP contribution in [0.5, 0.6) is 0 Å². The fourth-order valence-electron chi connectivity index (χ4n) is 1.77. The molecule has 0 aliphatic heterocycles. The number of rotatable bonds is 6. The highest BCUT2D eigenvalue weighted by Gasteiger charge is 2.12. The summed E-state index contributed by atoms with van der Waals surface area (Å²) in [5.74, 6) is 0.903. The summed E-state index contributed by atoms with van der Waals surface area (Å²) >= 11 is 7.92. The van der Waals surface area contributed by atoms with Crippen LogP contribution in [0.2, 0.25) is 5.02 Å². The molecule has 1 aromatic carbocycles. The fraction of sp³-hybridized carbons (Fsp3) is 0.429. The molecule has 2 aromatic rings. The van der Waals surface area contributed by atoms with Crippen molar-refractivity contribution in [2.24, 2.45) is 7.05 Å². The molecule has 0 unspecified atom stereocenters. The molecule has 0 spiro atoms. The van der Waals surface area contributed by atoms with E-state index in [2.05, 4.69) is 28.5 Å². The first kappa shape index (κ1) is 15.4. The van der Waals surface area contributed by atoms with Gasteiger partial charge in [0.25, 0.3) is 0 Å². The second-order valence-corrected chi connectivity index (χ2v) is 6.00. The van der Waals surface area contributed by atoms with E-state index < -0.39 is 0 Å². The average molecular weight is 311 g/mol. The maximum atomic E-state index is 6.32. The molecule has 0 saturated carbocycles. The number of nitrogens with one attached hydrogen (secondary N) is 1. The molecular weight excluding hydrogens is 292 g/mol. The Labute approximate surface area is 128 Å². The molecule has 0 aliphatic rings. The van der Waals surface area contributed by atoms with E-state index in [-0.39, 0.29) is 0 Å². The first-order valence-corrected chi connectivity index (χ1v) is 7.85. The van der Waals surface area contributed by atoms with Crippen LogP contribution in [0, 0.1) is 6.92 Å². The molecule has 108 valence electrons. The minimum atomic E-state index is 0.771. The van der Waals surface area contributed by atoms with E-state index in [1.807, 2.05) is 30.7 Å². The van der Waals surface area contributed by atoms with Gasteiger partial charge >= 0.3 is 0 Å². The van der Waals surface area contributed by atoms with Crippen LogP contribution < -0.4 is 5.32 Å². The average Bonchev–Trinajstić information content (AvgIpc) is 2.74. The topological polar surface area (TPSA) is 42.7 Å². The van der Waals surface area contributed by atoms with Crippen molar-refractivity contribution in [3.63, 3.8) is 0 Å². The lowest BCUT2D eigenvalue weighted by molar-refractivity contribution is 0.669. The van der Waals surface area contributed by atoms with E-state index >= 15 is 0 Å². The lowest BCUT2D eigenvalue weighted by Gasteiger charge is -2.11. The number of benzene rings is 1. The SMILES string of the molecule is CCCNCc1c(Cl)cccc1Sc1nnc(C)n1C. The van der Waals surface area contributed by atoms with Crippen molar-refractivity contribution >= 4 is 23.4 Å². The number of nitrogens with zero attached hydrogens (tertiary/aromatic N) is 3. The molecule has 0 bridgehead atoms. The summed E-state index contributed by atoms with van der Waals surface area (Å²) in [6.45, 7) is 5.85. The Morgan fingerprint density at radius 3 is 2.80 bits per heavy atom. The lowest BCUT2D eigenvalue weighted by Crippen LogP contribution is -2.14. The zero-order chi connectivity index (χ0) is 14.5. The van der Waals surface area contributed by atoms with Gasteiger partial charge < -0.3 is 9.88 Å². The van der Waals surface area contributed by atoms with Crippen molar-refractivity contribution in [1.82, 2.24) is 20.1 Å². The van der Waals surface area contributed by atoms with Gasteiger partial charge in [-0.15, -0.1) is 10.2 Å². The van der Waals surface area contributed by atoms with Gasteiger partial charge in [-0.05, 0) is 49.3 Å². The van der Waals surface area contributed by atoms with Crippen LogP contribution in [-0.4, -0.2) is 21.3 Å². The number of hydrogen-bond acceptors (Lipinski definition) is 4. The van der Waals surface area contributed by atoms with Crippen molar-refractivity contribution < 1.29 is 0 Å². The van der Waals surface area contributed by atoms with Gasteiger partial charge in [-0.25, -0.2) is 0 Å². The summed E-state index contributed by atoms with van der Waals surface area (Å²) in [6.07, 6.45) is 1.11. The summed E-state index contributed by atoms with van der Waals surface area (Å²) in [5.41, 5.74) is 1.12. The zero-order valence-electron chi connectivity index (χ0n) is 12.0. The summed E-state index contributed by atoms with van der Waals surface area (Å²) in [5, 5.41) is 13.3. The summed E-state index contributed by atoms with van der Waals surface area (Å²) in [6, 6.07) is 5.97. The molecule has 4 nitrogen and oxygen atoms in total. The fourth-order valence-corrected chi connectivity index (χ4v) is 3.07. The van der Waals surface area contributed by atoms with Crippen LogP contribution in [0.1, 0.15) is 24.7 Å². The molecule has 1 aromatic heterocycles. The van der Waals surface area contributed by atoms with Gasteiger partial charge in [0.1, 0.15) is 5.82 Å². The molecule has 0 saturated heterocycles. The number of aryl methyl sites for hydroxylation is 1. The molecular formula is C14H19ClN4S. The number of aromatic nitrogens is 3. The van der Waals surface area contributed by atoms with Crippen molar-refractivity contribution in [2.75, 3.05) is 6.54 Å². The van der Waals surface area contributed by atoms with Crippen molar-refractivity contribution in [3.05, 3.63) is 34.6 Å². The van der Waals surface area contributed by atoms with Crippen molar-refractivity contribution in [3.8, 4) is 0 Å². The third-order valence-electron chi connectivity index (χ3n) is 3.06. The largest absolute Gasteiger partial charge is 0.313 e. The first-order valence-electron chi connectivity index (χ1n) is 6.65. The zero-order valence-corrected chi connectivity index (χ0v) is 13.6. The van der Waals surface area contributed by atoms with Gasteiger partial charge in [-0.2, -0.15) is 0 Å². The van der Waals surface area contributed by atoms with Gasteiger partial charge in [-0.1, -0.05) is 24.6 Å². The minimum Gasteiger partial charge on any atom is -0.313 e. The molecule has 0 fully saturated rings. The molecule has 20 heavy (non-hydrogen) atoms. The van der Waals surface area contributed by atoms with Gasteiger partial charge in [0.15, 0.2) is 5.16 Å². The van der Waals surface area contributed by atoms with E-state index in [0.717, 1.165) is 46.0 Å². The molecule has 0 atom stereocenters. The van der Waals surface area contributed by atoms with Gasteiger partial charge in [-0.3, -0.25) is 0 Å². The van der Waals surface area contributed by atoms with Crippen LogP contribution in [0.3, 0.4) is 0 Å². The molecule has 0 radical (unpaired) electrons. The predicted octanol–water partition coefficient (Wildman–Crippen LogP) is 3.43. The van der Waals surface area contributed by atoms with Crippen molar-refractivity contribution in [2.45, 2.75) is 36.9 Å². The summed E-state index contributed by atoms with van der Waals surface area (Å²) < 4.78 is 1.98.